The molecule has 0 atom stereocenters. The first kappa shape index (κ1) is 14.9. The summed E-state index contributed by atoms with van der Waals surface area (Å²) in [4.78, 5) is 18.5. The minimum atomic E-state index is -0.502. The molecule has 1 aromatic carbocycles. The van der Waals surface area contributed by atoms with Crippen LogP contribution in [0.15, 0.2) is 36.7 Å². The highest BCUT2D eigenvalue weighted by Gasteiger charge is 2.15. The van der Waals surface area contributed by atoms with E-state index < -0.39 is 4.92 Å². The molecule has 1 aromatic heterocycles. The normalized spacial score (nSPS) is 10.3. The highest BCUT2D eigenvalue weighted by atomic mass is 16.6. The molecule has 110 valence electrons. The van der Waals surface area contributed by atoms with Gasteiger partial charge in [0.1, 0.15) is 0 Å². The summed E-state index contributed by atoms with van der Waals surface area (Å²) in [6, 6.07) is 6.21. The van der Waals surface area contributed by atoms with Gasteiger partial charge in [0.2, 0.25) is 5.75 Å². The number of nitro benzene ring substituents is 1. The Balaban J connectivity index is 2.05. The van der Waals surface area contributed by atoms with E-state index in [0.717, 1.165) is 18.5 Å². The molecule has 1 heterocycles. The molecule has 0 amide bonds. The summed E-state index contributed by atoms with van der Waals surface area (Å²) in [5, 5.41) is 14.1. The van der Waals surface area contributed by atoms with Gasteiger partial charge in [0.05, 0.1) is 4.92 Å². The van der Waals surface area contributed by atoms with Crippen molar-refractivity contribution in [3.63, 3.8) is 0 Å². The standard InChI is InChI=1S/C14H16N4O3/c1-2-7-15-8-11-9-16-14(17-10-11)21-13-6-4-3-5-12(13)18(19)20/h3-6,9-10,15H,2,7-8H2,1H3. The van der Waals surface area contributed by atoms with Crippen molar-refractivity contribution in [1.82, 2.24) is 15.3 Å². The number of hydrogen-bond donors (Lipinski definition) is 1. The van der Waals surface area contributed by atoms with E-state index >= 15 is 0 Å². The number of nitro groups is 1. The van der Waals surface area contributed by atoms with Crippen molar-refractivity contribution in [1.29, 1.82) is 0 Å². The average molecular weight is 288 g/mol. The summed E-state index contributed by atoms with van der Waals surface area (Å²) in [5.41, 5.74) is 0.813. The molecular weight excluding hydrogens is 272 g/mol. The Bertz CT molecular complexity index is 601. The average Bonchev–Trinajstić information content (AvgIpc) is 2.50. The smallest absolute Gasteiger partial charge is 0.322 e. The Hall–Kier alpha value is -2.54. The van der Waals surface area contributed by atoms with Gasteiger partial charge < -0.3 is 10.1 Å². The van der Waals surface area contributed by atoms with E-state index in [2.05, 4.69) is 22.2 Å². The number of hydrogen-bond acceptors (Lipinski definition) is 6. The summed E-state index contributed by atoms with van der Waals surface area (Å²) in [7, 11) is 0. The molecule has 0 saturated heterocycles. The van der Waals surface area contributed by atoms with Crippen LogP contribution in [0.25, 0.3) is 0 Å². The maximum absolute atomic E-state index is 10.9. The Kier molecular flexibility index (Phi) is 5.16. The number of ether oxygens (including phenoxy) is 1. The Morgan fingerprint density at radius 3 is 2.67 bits per heavy atom. The van der Waals surface area contributed by atoms with Gasteiger partial charge in [0.25, 0.3) is 0 Å². The molecule has 1 N–H and O–H groups in total. The van der Waals surface area contributed by atoms with E-state index in [0.29, 0.717) is 6.54 Å². The van der Waals surface area contributed by atoms with Crippen LogP contribution in [0.5, 0.6) is 11.8 Å². The topological polar surface area (TPSA) is 90.2 Å². The van der Waals surface area contributed by atoms with Crippen molar-refractivity contribution in [2.24, 2.45) is 0 Å². The Morgan fingerprint density at radius 1 is 1.29 bits per heavy atom. The molecule has 0 bridgehead atoms. The van der Waals surface area contributed by atoms with Crippen LogP contribution < -0.4 is 10.1 Å². The molecule has 0 unspecified atom stereocenters. The fraction of sp³-hybridized carbons (Fsp3) is 0.286. The number of para-hydroxylation sites is 2. The zero-order valence-corrected chi connectivity index (χ0v) is 11.7. The number of rotatable bonds is 7. The molecule has 2 rings (SSSR count). The molecule has 2 aromatic rings. The third-order valence-corrected chi connectivity index (χ3v) is 2.70. The molecule has 0 aliphatic heterocycles. The van der Waals surface area contributed by atoms with Gasteiger partial charge in [-0.2, -0.15) is 0 Å². The second-order valence-corrected chi connectivity index (χ2v) is 4.38. The van der Waals surface area contributed by atoms with Crippen LogP contribution in [0.2, 0.25) is 0 Å². The molecule has 7 heteroatoms. The van der Waals surface area contributed by atoms with Gasteiger partial charge in [-0.3, -0.25) is 10.1 Å². The van der Waals surface area contributed by atoms with E-state index in [1.165, 1.54) is 12.1 Å². The first-order chi connectivity index (χ1) is 10.2. The summed E-state index contributed by atoms with van der Waals surface area (Å²) >= 11 is 0. The van der Waals surface area contributed by atoms with Gasteiger partial charge in [-0.1, -0.05) is 19.1 Å². The third-order valence-electron chi connectivity index (χ3n) is 2.70. The lowest BCUT2D eigenvalue weighted by Crippen LogP contribution is -2.14. The van der Waals surface area contributed by atoms with E-state index in [1.54, 1.807) is 24.5 Å². The van der Waals surface area contributed by atoms with Gasteiger partial charge in [0, 0.05) is 30.6 Å². The van der Waals surface area contributed by atoms with Crippen molar-refractivity contribution in [2.45, 2.75) is 19.9 Å². The van der Waals surface area contributed by atoms with Gasteiger partial charge in [0.15, 0.2) is 0 Å². The lowest BCUT2D eigenvalue weighted by Gasteiger charge is -2.05. The maximum atomic E-state index is 10.9. The molecule has 0 fully saturated rings. The fourth-order valence-electron chi connectivity index (χ4n) is 1.69. The Morgan fingerprint density at radius 2 is 2.00 bits per heavy atom. The molecule has 21 heavy (non-hydrogen) atoms. The molecular formula is C14H16N4O3. The lowest BCUT2D eigenvalue weighted by atomic mass is 10.3. The van der Waals surface area contributed by atoms with Crippen molar-refractivity contribution in [2.75, 3.05) is 6.54 Å². The molecule has 0 saturated carbocycles. The van der Waals surface area contributed by atoms with Crippen molar-refractivity contribution < 1.29 is 9.66 Å². The molecule has 0 radical (unpaired) electrons. The van der Waals surface area contributed by atoms with Crippen molar-refractivity contribution in [3.05, 3.63) is 52.3 Å². The maximum Gasteiger partial charge on any atom is 0.322 e. The second-order valence-electron chi connectivity index (χ2n) is 4.38. The minimum Gasteiger partial charge on any atom is -0.417 e. The SMILES string of the molecule is CCCNCc1cnc(Oc2ccccc2[N+](=O)[O-])nc1. The number of nitrogens with one attached hydrogen (secondary N) is 1. The highest BCUT2D eigenvalue weighted by Crippen LogP contribution is 2.28. The van der Waals surface area contributed by atoms with Crippen LogP contribution in [0.4, 0.5) is 5.69 Å². The van der Waals surface area contributed by atoms with Crippen LogP contribution in [-0.4, -0.2) is 21.4 Å². The van der Waals surface area contributed by atoms with Crippen LogP contribution in [0.3, 0.4) is 0 Å². The zero-order chi connectivity index (χ0) is 15.1. The predicted molar refractivity (Wildman–Crippen MR) is 77.2 cm³/mol. The van der Waals surface area contributed by atoms with Gasteiger partial charge in [-0.25, -0.2) is 9.97 Å². The number of aromatic nitrogens is 2. The molecule has 0 spiro atoms. The van der Waals surface area contributed by atoms with E-state index in [9.17, 15) is 10.1 Å². The van der Waals surface area contributed by atoms with E-state index in [-0.39, 0.29) is 17.4 Å². The quantitative estimate of drug-likeness (QED) is 0.478. The van der Waals surface area contributed by atoms with E-state index in [4.69, 9.17) is 4.74 Å². The zero-order valence-electron chi connectivity index (χ0n) is 11.7. The van der Waals surface area contributed by atoms with Gasteiger partial charge in [-0.15, -0.1) is 0 Å². The molecule has 7 nitrogen and oxygen atoms in total. The minimum absolute atomic E-state index is 0.0866. The third kappa shape index (κ3) is 4.22. The summed E-state index contributed by atoms with van der Waals surface area (Å²) in [6.07, 6.45) is 4.33. The van der Waals surface area contributed by atoms with Crippen molar-refractivity contribution >= 4 is 5.69 Å². The monoisotopic (exact) mass is 288 g/mol. The van der Waals surface area contributed by atoms with E-state index in [1.807, 2.05) is 0 Å². The Labute approximate surface area is 122 Å². The van der Waals surface area contributed by atoms with Crippen LogP contribution >= 0.6 is 0 Å². The van der Waals surface area contributed by atoms with Crippen LogP contribution in [0.1, 0.15) is 18.9 Å². The summed E-state index contributed by atoms with van der Waals surface area (Å²) < 4.78 is 5.37. The van der Waals surface area contributed by atoms with Gasteiger partial charge >= 0.3 is 11.7 Å². The fourth-order valence-corrected chi connectivity index (χ4v) is 1.69. The number of benzene rings is 1. The first-order valence-corrected chi connectivity index (χ1v) is 6.63. The molecule has 0 aliphatic rings. The van der Waals surface area contributed by atoms with Gasteiger partial charge in [-0.05, 0) is 19.0 Å². The summed E-state index contributed by atoms with van der Waals surface area (Å²) in [6.45, 7) is 3.70. The first-order valence-electron chi connectivity index (χ1n) is 6.63. The lowest BCUT2D eigenvalue weighted by molar-refractivity contribution is -0.385. The van der Waals surface area contributed by atoms with Crippen molar-refractivity contribution in [3.8, 4) is 11.8 Å². The summed E-state index contributed by atoms with van der Waals surface area (Å²) in [5.74, 6) is 0.124. The molecule has 0 aliphatic carbocycles. The second kappa shape index (κ2) is 7.30. The van der Waals surface area contributed by atoms with Crippen LogP contribution in [0, 0.1) is 10.1 Å². The largest absolute Gasteiger partial charge is 0.417 e. The predicted octanol–water partition coefficient (Wildman–Crippen LogP) is 2.68. The van der Waals surface area contributed by atoms with Crippen LogP contribution in [-0.2, 0) is 6.54 Å². The number of nitrogens with zero attached hydrogens (tertiary/aromatic N) is 3. The highest BCUT2D eigenvalue weighted by molar-refractivity contribution is 5.46.